The van der Waals surface area contributed by atoms with Crippen LogP contribution in [0.3, 0.4) is 0 Å². The fraction of sp³-hybridized carbons (Fsp3) is 0.0667. The summed E-state index contributed by atoms with van der Waals surface area (Å²) in [7, 11) is 0. The molecule has 0 saturated heterocycles. The number of hydrogen-bond donors (Lipinski definition) is 0. The second-order valence-corrected chi connectivity index (χ2v) is 5.66. The van der Waals surface area contributed by atoms with Crippen molar-refractivity contribution in [3.8, 4) is 0 Å². The third-order valence-electron chi connectivity index (χ3n) is 3.31. The van der Waals surface area contributed by atoms with Gasteiger partial charge in [0.25, 0.3) is 0 Å². The van der Waals surface area contributed by atoms with Gasteiger partial charge in [0, 0.05) is 5.75 Å². The van der Waals surface area contributed by atoms with Crippen LogP contribution in [0.1, 0.15) is 5.56 Å². The van der Waals surface area contributed by atoms with Crippen molar-refractivity contribution in [3.63, 3.8) is 0 Å². The molecule has 2 aromatic heterocycles. The van der Waals surface area contributed by atoms with Crippen molar-refractivity contribution in [2.24, 2.45) is 0 Å². The molecule has 22 heavy (non-hydrogen) atoms. The Morgan fingerprint density at radius 2 is 1.86 bits per heavy atom. The van der Waals surface area contributed by atoms with Crippen LogP contribution in [0.15, 0.2) is 53.6 Å². The Balaban J connectivity index is 1.77. The first-order valence-corrected chi connectivity index (χ1v) is 7.64. The summed E-state index contributed by atoms with van der Waals surface area (Å²) in [4.78, 5) is 4.60. The van der Waals surface area contributed by atoms with Gasteiger partial charge in [-0.05, 0) is 34.2 Å². The van der Waals surface area contributed by atoms with E-state index in [0.29, 0.717) is 22.0 Å². The molecule has 0 atom stereocenters. The maximum atomic E-state index is 13.7. The standard InChI is InChI=1S/C15H10FN5S/c16-11-6-2-1-5-10(11)9-22-15-14-18-19-20-21(14)13-8-4-3-7-12(13)17-15/h1-8H,9H2. The minimum atomic E-state index is -0.216. The molecule has 2 aromatic carbocycles. The molecule has 4 rings (SSSR count). The molecule has 0 amide bonds. The van der Waals surface area contributed by atoms with E-state index in [-0.39, 0.29) is 5.82 Å². The molecule has 7 heteroatoms. The number of aromatic nitrogens is 5. The van der Waals surface area contributed by atoms with Gasteiger partial charge < -0.3 is 0 Å². The number of nitrogens with zero attached hydrogens (tertiary/aromatic N) is 5. The van der Waals surface area contributed by atoms with Crippen molar-refractivity contribution in [1.82, 2.24) is 25.0 Å². The molecule has 0 aliphatic rings. The van der Waals surface area contributed by atoms with Crippen LogP contribution < -0.4 is 0 Å². The Kier molecular flexibility index (Phi) is 3.19. The molecule has 0 aliphatic heterocycles. The molecular formula is C15H10FN5S. The predicted molar refractivity (Wildman–Crippen MR) is 82.0 cm³/mol. The minimum Gasteiger partial charge on any atom is -0.236 e. The zero-order valence-electron chi connectivity index (χ0n) is 11.3. The van der Waals surface area contributed by atoms with Crippen molar-refractivity contribution in [2.75, 3.05) is 0 Å². The Hall–Kier alpha value is -2.54. The Labute approximate surface area is 129 Å². The summed E-state index contributed by atoms with van der Waals surface area (Å²) in [5.41, 5.74) is 2.86. The van der Waals surface area contributed by atoms with Gasteiger partial charge in [-0.15, -0.1) is 5.10 Å². The van der Waals surface area contributed by atoms with E-state index in [4.69, 9.17) is 0 Å². The third kappa shape index (κ3) is 2.19. The number of benzene rings is 2. The van der Waals surface area contributed by atoms with Crippen LogP contribution in [-0.4, -0.2) is 25.0 Å². The third-order valence-corrected chi connectivity index (χ3v) is 4.32. The van der Waals surface area contributed by atoms with Gasteiger partial charge in [0.05, 0.1) is 11.0 Å². The van der Waals surface area contributed by atoms with Crippen molar-refractivity contribution in [2.45, 2.75) is 10.8 Å². The SMILES string of the molecule is Fc1ccccc1CSc1nc2ccccc2n2nnnc12. The maximum absolute atomic E-state index is 13.7. The van der Waals surface area contributed by atoms with E-state index in [1.54, 1.807) is 16.6 Å². The first-order valence-electron chi connectivity index (χ1n) is 6.66. The van der Waals surface area contributed by atoms with Crippen molar-refractivity contribution < 1.29 is 4.39 Å². The quantitative estimate of drug-likeness (QED) is 0.544. The number of halogens is 1. The van der Waals surface area contributed by atoms with E-state index in [1.807, 2.05) is 30.3 Å². The highest BCUT2D eigenvalue weighted by Crippen LogP contribution is 2.27. The highest BCUT2D eigenvalue weighted by Gasteiger charge is 2.12. The average Bonchev–Trinajstić information content (AvgIpc) is 3.04. The Morgan fingerprint density at radius 1 is 1.05 bits per heavy atom. The lowest BCUT2D eigenvalue weighted by molar-refractivity contribution is 0.617. The van der Waals surface area contributed by atoms with Gasteiger partial charge in [0.2, 0.25) is 5.65 Å². The topological polar surface area (TPSA) is 56.0 Å². The van der Waals surface area contributed by atoms with Crippen molar-refractivity contribution in [1.29, 1.82) is 0 Å². The van der Waals surface area contributed by atoms with E-state index < -0.39 is 0 Å². The van der Waals surface area contributed by atoms with E-state index in [1.165, 1.54) is 17.8 Å². The molecule has 0 unspecified atom stereocenters. The lowest BCUT2D eigenvalue weighted by Gasteiger charge is -2.05. The normalized spacial score (nSPS) is 11.3. The summed E-state index contributed by atoms with van der Waals surface area (Å²) in [6.07, 6.45) is 0. The van der Waals surface area contributed by atoms with Crippen LogP contribution in [0, 0.1) is 5.82 Å². The molecule has 0 saturated carbocycles. The second kappa shape index (κ2) is 5.34. The van der Waals surface area contributed by atoms with E-state index >= 15 is 0 Å². The second-order valence-electron chi connectivity index (χ2n) is 4.70. The summed E-state index contributed by atoms with van der Waals surface area (Å²) in [5.74, 6) is 0.256. The first-order chi connectivity index (χ1) is 10.8. The monoisotopic (exact) mass is 311 g/mol. The summed E-state index contributed by atoms with van der Waals surface area (Å²) in [5, 5.41) is 12.4. The minimum absolute atomic E-state index is 0.216. The van der Waals surface area contributed by atoms with Crippen LogP contribution in [0.2, 0.25) is 0 Å². The molecular weight excluding hydrogens is 301 g/mol. The molecule has 0 bridgehead atoms. The zero-order chi connectivity index (χ0) is 14.9. The van der Waals surface area contributed by atoms with Crippen LogP contribution in [0.4, 0.5) is 4.39 Å². The fourth-order valence-electron chi connectivity index (χ4n) is 2.24. The number of tetrazole rings is 1. The average molecular weight is 311 g/mol. The van der Waals surface area contributed by atoms with Crippen LogP contribution in [0.5, 0.6) is 0 Å². The fourth-order valence-corrected chi connectivity index (χ4v) is 3.18. The van der Waals surface area contributed by atoms with Crippen LogP contribution in [-0.2, 0) is 5.75 Å². The predicted octanol–water partition coefficient (Wildman–Crippen LogP) is 3.10. The van der Waals surface area contributed by atoms with Crippen molar-refractivity contribution >= 4 is 28.4 Å². The molecule has 4 aromatic rings. The van der Waals surface area contributed by atoms with Gasteiger partial charge in [-0.25, -0.2) is 9.37 Å². The summed E-state index contributed by atoms with van der Waals surface area (Å²) >= 11 is 1.42. The van der Waals surface area contributed by atoms with E-state index in [9.17, 15) is 4.39 Å². The largest absolute Gasteiger partial charge is 0.236 e. The van der Waals surface area contributed by atoms with Gasteiger partial charge in [0.1, 0.15) is 10.8 Å². The molecule has 0 radical (unpaired) electrons. The van der Waals surface area contributed by atoms with Gasteiger partial charge in [-0.3, -0.25) is 0 Å². The highest BCUT2D eigenvalue weighted by atomic mass is 32.2. The lowest BCUT2D eigenvalue weighted by Crippen LogP contribution is -1.97. The summed E-state index contributed by atoms with van der Waals surface area (Å²) < 4.78 is 15.4. The highest BCUT2D eigenvalue weighted by molar-refractivity contribution is 7.98. The van der Waals surface area contributed by atoms with E-state index in [2.05, 4.69) is 20.5 Å². The molecule has 2 heterocycles. The molecule has 0 spiro atoms. The number of rotatable bonds is 3. The molecule has 5 nitrogen and oxygen atoms in total. The number of hydrogen-bond acceptors (Lipinski definition) is 5. The van der Waals surface area contributed by atoms with Gasteiger partial charge in [-0.2, -0.15) is 4.52 Å². The molecule has 0 fully saturated rings. The van der Waals surface area contributed by atoms with Crippen LogP contribution >= 0.6 is 11.8 Å². The van der Waals surface area contributed by atoms with Crippen molar-refractivity contribution in [3.05, 3.63) is 59.9 Å². The van der Waals surface area contributed by atoms with Crippen LogP contribution in [0.25, 0.3) is 16.7 Å². The summed E-state index contributed by atoms with van der Waals surface area (Å²) in [6, 6.07) is 14.4. The number of thioether (sulfide) groups is 1. The Bertz CT molecular complexity index is 968. The molecule has 0 N–H and O–H groups in total. The molecule has 108 valence electrons. The van der Waals surface area contributed by atoms with Gasteiger partial charge in [-0.1, -0.05) is 42.1 Å². The zero-order valence-corrected chi connectivity index (χ0v) is 12.2. The summed E-state index contributed by atoms with van der Waals surface area (Å²) in [6.45, 7) is 0. The Morgan fingerprint density at radius 3 is 2.77 bits per heavy atom. The smallest absolute Gasteiger partial charge is 0.212 e. The van der Waals surface area contributed by atoms with Gasteiger partial charge in [0.15, 0.2) is 0 Å². The maximum Gasteiger partial charge on any atom is 0.212 e. The van der Waals surface area contributed by atoms with E-state index in [0.717, 1.165) is 11.0 Å². The van der Waals surface area contributed by atoms with Gasteiger partial charge >= 0.3 is 0 Å². The number of fused-ring (bicyclic) bond motifs is 3. The number of para-hydroxylation sites is 2. The first kappa shape index (κ1) is 13.1. The molecule has 0 aliphatic carbocycles. The lowest BCUT2D eigenvalue weighted by atomic mass is 10.2.